The van der Waals surface area contributed by atoms with E-state index in [1.165, 1.54) is 0 Å². The Morgan fingerprint density at radius 1 is 1.56 bits per heavy atom. The third kappa shape index (κ3) is 3.37. The van der Waals surface area contributed by atoms with Crippen molar-refractivity contribution in [2.24, 2.45) is 0 Å². The zero-order valence-electron chi connectivity index (χ0n) is 9.70. The molecule has 1 fully saturated rings. The Bertz CT molecular complexity index is 452. The second-order valence-electron chi connectivity index (χ2n) is 4.20. The van der Waals surface area contributed by atoms with Crippen LogP contribution in [0.1, 0.15) is 12.8 Å². The summed E-state index contributed by atoms with van der Waals surface area (Å²) >= 11 is 9.19. The molecule has 0 heterocycles. The van der Waals surface area contributed by atoms with Crippen molar-refractivity contribution in [3.05, 3.63) is 27.7 Å². The molecule has 18 heavy (non-hydrogen) atoms. The van der Waals surface area contributed by atoms with Crippen LogP contribution in [0.15, 0.2) is 22.7 Å². The summed E-state index contributed by atoms with van der Waals surface area (Å²) in [5.41, 5.74) is 0.674. The number of rotatable bonds is 4. The van der Waals surface area contributed by atoms with Crippen molar-refractivity contribution in [2.75, 3.05) is 18.5 Å². The van der Waals surface area contributed by atoms with E-state index in [0.717, 1.165) is 17.3 Å². The summed E-state index contributed by atoms with van der Waals surface area (Å²) in [5.74, 6) is 0. The van der Waals surface area contributed by atoms with Crippen molar-refractivity contribution in [3.63, 3.8) is 0 Å². The number of nitrogens with zero attached hydrogens (tertiary/aromatic N) is 1. The third-order valence-corrected chi connectivity index (χ3v) is 3.65. The van der Waals surface area contributed by atoms with Gasteiger partial charge in [0.2, 0.25) is 0 Å². The van der Waals surface area contributed by atoms with Crippen molar-refractivity contribution in [2.45, 2.75) is 18.9 Å². The number of hydrogen-bond acceptors (Lipinski definition) is 2. The van der Waals surface area contributed by atoms with Crippen LogP contribution in [0.4, 0.5) is 10.5 Å². The third-order valence-electron chi connectivity index (χ3n) is 2.76. The SMILES string of the molecule is O=C(Nc1ccc(Cl)cc1Br)N(CCO)C1CC1. The Labute approximate surface area is 119 Å². The van der Waals surface area contributed by atoms with E-state index in [2.05, 4.69) is 21.2 Å². The summed E-state index contributed by atoms with van der Waals surface area (Å²) in [6.07, 6.45) is 2.02. The van der Waals surface area contributed by atoms with Gasteiger partial charge in [0.1, 0.15) is 0 Å². The fraction of sp³-hybridized carbons (Fsp3) is 0.417. The van der Waals surface area contributed by atoms with E-state index in [0.29, 0.717) is 17.3 Å². The molecule has 1 aliphatic carbocycles. The van der Waals surface area contributed by atoms with Gasteiger partial charge in [0.15, 0.2) is 0 Å². The Morgan fingerprint density at radius 3 is 2.83 bits per heavy atom. The molecule has 0 aliphatic heterocycles. The zero-order chi connectivity index (χ0) is 13.1. The smallest absolute Gasteiger partial charge is 0.322 e. The first-order chi connectivity index (χ1) is 8.61. The van der Waals surface area contributed by atoms with E-state index < -0.39 is 0 Å². The highest BCUT2D eigenvalue weighted by Crippen LogP contribution is 2.29. The predicted molar refractivity (Wildman–Crippen MR) is 75.0 cm³/mol. The summed E-state index contributed by atoms with van der Waals surface area (Å²) < 4.78 is 0.739. The van der Waals surface area contributed by atoms with Gasteiger partial charge >= 0.3 is 6.03 Å². The molecule has 0 bridgehead atoms. The molecule has 98 valence electrons. The van der Waals surface area contributed by atoms with E-state index in [1.54, 1.807) is 23.1 Å². The maximum Gasteiger partial charge on any atom is 0.322 e. The molecule has 0 aromatic heterocycles. The Kier molecular flexibility index (Phi) is 4.48. The molecule has 6 heteroatoms. The van der Waals surface area contributed by atoms with Crippen LogP contribution in [0.25, 0.3) is 0 Å². The quantitative estimate of drug-likeness (QED) is 0.889. The minimum absolute atomic E-state index is 0.0221. The number of carbonyl (C=O) groups excluding carboxylic acids is 1. The highest BCUT2D eigenvalue weighted by atomic mass is 79.9. The number of carbonyl (C=O) groups is 1. The summed E-state index contributed by atoms with van der Waals surface area (Å²) in [4.78, 5) is 13.7. The van der Waals surface area contributed by atoms with E-state index in [9.17, 15) is 4.79 Å². The highest BCUT2D eigenvalue weighted by molar-refractivity contribution is 9.10. The Morgan fingerprint density at radius 2 is 2.28 bits per heavy atom. The molecule has 1 aliphatic rings. The van der Waals surface area contributed by atoms with Crippen LogP contribution < -0.4 is 5.32 Å². The molecule has 2 rings (SSSR count). The van der Waals surface area contributed by atoms with Gasteiger partial charge in [0.05, 0.1) is 12.3 Å². The molecule has 0 atom stereocenters. The molecule has 1 aromatic carbocycles. The number of halogens is 2. The van der Waals surface area contributed by atoms with Crippen LogP contribution >= 0.6 is 27.5 Å². The van der Waals surface area contributed by atoms with Crippen LogP contribution in [0.5, 0.6) is 0 Å². The first-order valence-corrected chi connectivity index (χ1v) is 6.92. The predicted octanol–water partition coefficient (Wildman–Crippen LogP) is 3.09. The minimum Gasteiger partial charge on any atom is -0.395 e. The summed E-state index contributed by atoms with van der Waals surface area (Å²) in [5, 5.41) is 12.4. The lowest BCUT2D eigenvalue weighted by Crippen LogP contribution is -2.38. The molecule has 0 unspecified atom stereocenters. The Balaban J connectivity index is 2.05. The number of hydrogen-bond donors (Lipinski definition) is 2. The van der Waals surface area contributed by atoms with Gasteiger partial charge in [-0.25, -0.2) is 4.79 Å². The van der Waals surface area contributed by atoms with Crippen LogP contribution in [-0.4, -0.2) is 35.2 Å². The van der Waals surface area contributed by atoms with Gasteiger partial charge < -0.3 is 15.3 Å². The number of aliphatic hydroxyl groups is 1. The van der Waals surface area contributed by atoms with E-state index in [-0.39, 0.29) is 18.7 Å². The molecule has 4 nitrogen and oxygen atoms in total. The molecule has 0 radical (unpaired) electrons. The van der Waals surface area contributed by atoms with Crippen molar-refractivity contribution in [1.82, 2.24) is 4.90 Å². The van der Waals surface area contributed by atoms with Crippen molar-refractivity contribution in [1.29, 1.82) is 0 Å². The van der Waals surface area contributed by atoms with E-state index >= 15 is 0 Å². The van der Waals surface area contributed by atoms with Gasteiger partial charge in [-0.05, 0) is 47.0 Å². The van der Waals surface area contributed by atoms with E-state index in [4.69, 9.17) is 16.7 Å². The Hall–Kier alpha value is -0.780. The number of amides is 2. The van der Waals surface area contributed by atoms with Crippen LogP contribution in [0.3, 0.4) is 0 Å². The highest BCUT2D eigenvalue weighted by Gasteiger charge is 2.32. The summed E-state index contributed by atoms with van der Waals surface area (Å²) in [6, 6.07) is 5.27. The fourth-order valence-corrected chi connectivity index (χ4v) is 2.50. The van der Waals surface area contributed by atoms with Gasteiger partial charge in [-0.2, -0.15) is 0 Å². The van der Waals surface area contributed by atoms with Crippen LogP contribution in [0, 0.1) is 0 Å². The number of urea groups is 1. The van der Waals surface area contributed by atoms with Gasteiger partial charge in [-0.15, -0.1) is 0 Å². The van der Waals surface area contributed by atoms with Crippen LogP contribution in [0.2, 0.25) is 5.02 Å². The maximum atomic E-state index is 12.1. The molecule has 2 amide bonds. The zero-order valence-corrected chi connectivity index (χ0v) is 12.0. The average Bonchev–Trinajstić information content (AvgIpc) is 3.13. The molecule has 1 aromatic rings. The first kappa shape index (κ1) is 13.6. The maximum absolute atomic E-state index is 12.1. The lowest BCUT2D eigenvalue weighted by molar-refractivity contribution is 0.185. The molecule has 0 saturated heterocycles. The monoisotopic (exact) mass is 332 g/mol. The van der Waals surface area contributed by atoms with Gasteiger partial charge in [-0.1, -0.05) is 11.6 Å². The minimum atomic E-state index is -0.186. The van der Waals surface area contributed by atoms with Crippen molar-refractivity contribution in [3.8, 4) is 0 Å². The lowest BCUT2D eigenvalue weighted by atomic mass is 10.3. The number of nitrogens with one attached hydrogen (secondary N) is 1. The van der Waals surface area contributed by atoms with E-state index in [1.807, 2.05) is 0 Å². The second kappa shape index (κ2) is 5.91. The molecule has 0 spiro atoms. The fourth-order valence-electron chi connectivity index (χ4n) is 1.72. The average molecular weight is 334 g/mol. The molecular formula is C12H14BrClN2O2. The van der Waals surface area contributed by atoms with Gasteiger partial charge in [0.25, 0.3) is 0 Å². The van der Waals surface area contributed by atoms with Gasteiger partial charge in [-0.3, -0.25) is 0 Å². The largest absolute Gasteiger partial charge is 0.395 e. The summed E-state index contributed by atoms with van der Waals surface area (Å²) in [7, 11) is 0. The van der Waals surface area contributed by atoms with Crippen molar-refractivity contribution < 1.29 is 9.90 Å². The molecule has 1 saturated carbocycles. The molecular weight excluding hydrogens is 320 g/mol. The van der Waals surface area contributed by atoms with Gasteiger partial charge in [0, 0.05) is 22.1 Å². The number of aliphatic hydroxyl groups excluding tert-OH is 1. The van der Waals surface area contributed by atoms with Crippen LogP contribution in [-0.2, 0) is 0 Å². The number of anilines is 1. The number of benzene rings is 1. The second-order valence-corrected chi connectivity index (χ2v) is 5.49. The van der Waals surface area contributed by atoms with Crippen molar-refractivity contribution >= 4 is 39.2 Å². The molecule has 2 N–H and O–H groups in total. The summed E-state index contributed by atoms with van der Waals surface area (Å²) in [6.45, 7) is 0.341. The normalized spacial score (nSPS) is 14.4. The lowest BCUT2D eigenvalue weighted by Gasteiger charge is -2.22. The standard InChI is InChI=1S/C12H14BrClN2O2/c13-10-7-8(14)1-4-11(10)15-12(18)16(5-6-17)9-2-3-9/h1,4,7,9,17H,2-3,5-6H2,(H,15,18). The first-order valence-electron chi connectivity index (χ1n) is 5.75. The topological polar surface area (TPSA) is 52.6 Å².